The van der Waals surface area contributed by atoms with Gasteiger partial charge in [0.1, 0.15) is 0 Å². The molecule has 1 fully saturated rings. The van der Waals surface area contributed by atoms with E-state index >= 15 is 0 Å². The highest BCUT2D eigenvalue weighted by Gasteiger charge is 2.25. The van der Waals surface area contributed by atoms with E-state index in [1.54, 1.807) is 4.90 Å². The van der Waals surface area contributed by atoms with E-state index in [1.807, 2.05) is 0 Å². The molecule has 1 saturated heterocycles. The molecule has 0 bridgehead atoms. The lowest BCUT2D eigenvalue weighted by atomic mass is 10.3. The van der Waals surface area contributed by atoms with Crippen LogP contribution in [0.3, 0.4) is 0 Å². The highest BCUT2D eigenvalue weighted by atomic mass is 16.5. The topological polar surface area (TPSA) is 87.9 Å². The second-order valence-corrected chi connectivity index (χ2v) is 5.50. The van der Waals surface area contributed by atoms with Crippen molar-refractivity contribution in [3.63, 3.8) is 0 Å². The van der Waals surface area contributed by atoms with E-state index < -0.39 is 11.8 Å². The molecular formula is C15H30N4O3. The van der Waals surface area contributed by atoms with Crippen LogP contribution in [0.2, 0.25) is 0 Å². The molecule has 1 aliphatic heterocycles. The lowest BCUT2D eigenvalue weighted by Crippen LogP contribution is -2.53. The van der Waals surface area contributed by atoms with Crippen molar-refractivity contribution in [3.05, 3.63) is 0 Å². The van der Waals surface area contributed by atoms with E-state index in [0.29, 0.717) is 32.8 Å². The minimum Gasteiger partial charge on any atom is -0.381 e. The molecule has 1 rings (SSSR count). The van der Waals surface area contributed by atoms with Gasteiger partial charge in [-0.3, -0.25) is 14.5 Å². The molecule has 0 radical (unpaired) electrons. The summed E-state index contributed by atoms with van der Waals surface area (Å²) in [5.74, 6) is -0.944. The first-order valence-electron chi connectivity index (χ1n) is 8.26. The second-order valence-electron chi connectivity index (χ2n) is 5.50. The van der Waals surface area contributed by atoms with E-state index in [4.69, 9.17) is 10.5 Å². The molecule has 0 aliphatic carbocycles. The highest BCUT2D eigenvalue weighted by molar-refractivity contribution is 6.35. The average molecular weight is 314 g/mol. The van der Waals surface area contributed by atoms with E-state index in [9.17, 15) is 9.59 Å². The van der Waals surface area contributed by atoms with Crippen molar-refractivity contribution >= 4 is 11.8 Å². The molecule has 3 N–H and O–H groups in total. The van der Waals surface area contributed by atoms with Crippen LogP contribution >= 0.6 is 0 Å². The lowest BCUT2D eigenvalue weighted by molar-refractivity contribution is -0.147. The van der Waals surface area contributed by atoms with Crippen molar-refractivity contribution in [2.24, 2.45) is 5.73 Å². The third kappa shape index (κ3) is 7.20. The van der Waals surface area contributed by atoms with Crippen molar-refractivity contribution in [1.29, 1.82) is 0 Å². The monoisotopic (exact) mass is 314 g/mol. The maximum absolute atomic E-state index is 12.0. The lowest BCUT2D eigenvalue weighted by Gasteiger charge is -2.34. The first-order valence-corrected chi connectivity index (χ1v) is 8.26. The number of hydrogen-bond acceptors (Lipinski definition) is 5. The summed E-state index contributed by atoms with van der Waals surface area (Å²) < 4.78 is 5.41. The molecule has 0 saturated carbocycles. The first kappa shape index (κ1) is 18.9. The van der Waals surface area contributed by atoms with Crippen LogP contribution in [0.5, 0.6) is 0 Å². The Kier molecular flexibility index (Phi) is 9.77. The van der Waals surface area contributed by atoms with E-state index in [1.165, 1.54) is 0 Å². The van der Waals surface area contributed by atoms with Gasteiger partial charge in [0.15, 0.2) is 0 Å². The molecule has 1 heterocycles. The number of nitrogens with zero attached hydrogens (tertiary/aromatic N) is 2. The van der Waals surface area contributed by atoms with Crippen LogP contribution in [0.1, 0.15) is 26.2 Å². The van der Waals surface area contributed by atoms with Crippen LogP contribution in [0.4, 0.5) is 0 Å². The van der Waals surface area contributed by atoms with Crippen molar-refractivity contribution < 1.29 is 14.3 Å². The van der Waals surface area contributed by atoms with Crippen LogP contribution in [-0.4, -0.2) is 80.6 Å². The van der Waals surface area contributed by atoms with Crippen LogP contribution < -0.4 is 11.1 Å². The smallest absolute Gasteiger partial charge is 0.311 e. The highest BCUT2D eigenvalue weighted by Crippen LogP contribution is 2.01. The van der Waals surface area contributed by atoms with Crippen molar-refractivity contribution in [2.45, 2.75) is 26.2 Å². The number of unbranched alkanes of at least 4 members (excludes halogenated alkanes) is 1. The van der Waals surface area contributed by atoms with Gasteiger partial charge < -0.3 is 20.7 Å². The number of nitrogens with two attached hydrogens (primary N) is 1. The zero-order valence-electron chi connectivity index (χ0n) is 13.7. The van der Waals surface area contributed by atoms with Gasteiger partial charge in [-0.25, -0.2) is 0 Å². The van der Waals surface area contributed by atoms with Crippen molar-refractivity contribution in [1.82, 2.24) is 15.1 Å². The number of carbonyl (C=O) groups excluding carboxylic acids is 2. The van der Waals surface area contributed by atoms with Gasteiger partial charge in [0.25, 0.3) is 0 Å². The maximum atomic E-state index is 12.0. The van der Waals surface area contributed by atoms with Crippen LogP contribution in [0, 0.1) is 0 Å². The Morgan fingerprint density at radius 3 is 2.45 bits per heavy atom. The number of hydrogen-bond donors (Lipinski definition) is 2. The fraction of sp³-hybridized carbons (Fsp3) is 0.867. The number of ether oxygens (including phenoxy) is 1. The average Bonchev–Trinajstić information content (AvgIpc) is 2.54. The summed E-state index contributed by atoms with van der Waals surface area (Å²) in [4.78, 5) is 27.6. The van der Waals surface area contributed by atoms with E-state index in [-0.39, 0.29) is 0 Å². The van der Waals surface area contributed by atoms with Gasteiger partial charge in [0, 0.05) is 59.0 Å². The summed E-state index contributed by atoms with van der Waals surface area (Å²) in [6, 6.07) is 0. The Morgan fingerprint density at radius 2 is 1.82 bits per heavy atom. The molecule has 2 amide bonds. The number of rotatable bonds is 9. The minimum absolute atomic E-state index is 0.431. The summed E-state index contributed by atoms with van der Waals surface area (Å²) >= 11 is 0. The largest absolute Gasteiger partial charge is 0.381 e. The molecule has 7 heteroatoms. The quantitative estimate of drug-likeness (QED) is 0.439. The fourth-order valence-electron chi connectivity index (χ4n) is 2.30. The standard InChI is InChI=1S/C15H30N4O3/c1-2-3-12-22-13-4-6-17-14(20)15(21)19-10-8-18(7-5-16)9-11-19/h2-13,16H2,1H3,(H,17,20). The molecule has 0 unspecified atom stereocenters. The van der Waals surface area contributed by atoms with E-state index in [2.05, 4.69) is 17.1 Å². The minimum atomic E-state index is -0.513. The van der Waals surface area contributed by atoms with Crippen LogP contribution in [0.15, 0.2) is 0 Å². The Balaban J connectivity index is 2.11. The van der Waals surface area contributed by atoms with E-state index in [0.717, 1.165) is 45.5 Å². The van der Waals surface area contributed by atoms with Gasteiger partial charge in [0.2, 0.25) is 0 Å². The third-order valence-electron chi connectivity index (χ3n) is 3.69. The molecular weight excluding hydrogens is 284 g/mol. The van der Waals surface area contributed by atoms with Gasteiger partial charge in [-0.05, 0) is 12.8 Å². The molecule has 7 nitrogen and oxygen atoms in total. The zero-order valence-corrected chi connectivity index (χ0v) is 13.7. The number of piperazine rings is 1. The van der Waals surface area contributed by atoms with Gasteiger partial charge in [-0.2, -0.15) is 0 Å². The Morgan fingerprint density at radius 1 is 1.14 bits per heavy atom. The zero-order chi connectivity index (χ0) is 16.2. The van der Waals surface area contributed by atoms with Crippen molar-refractivity contribution in [2.75, 3.05) is 59.0 Å². The Hall–Kier alpha value is -1.18. The summed E-state index contributed by atoms with van der Waals surface area (Å²) in [5, 5.41) is 2.66. The van der Waals surface area contributed by atoms with Crippen molar-refractivity contribution in [3.8, 4) is 0 Å². The molecule has 0 atom stereocenters. The first-order chi connectivity index (χ1) is 10.7. The van der Waals surface area contributed by atoms with Gasteiger partial charge >= 0.3 is 11.8 Å². The van der Waals surface area contributed by atoms with Crippen LogP contribution in [0.25, 0.3) is 0 Å². The Bertz CT molecular complexity index is 331. The fourth-order valence-corrected chi connectivity index (χ4v) is 2.30. The summed E-state index contributed by atoms with van der Waals surface area (Å²) in [5.41, 5.74) is 5.51. The third-order valence-corrected chi connectivity index (χ3v) is 3.69. The maximum Gasteiger partial charge on any atom is 0.311 e. The van der Waals surface area contributed by atoms with Gasteiger partial charge in [-0.15, -0.1) is 0 Å². The molecule has 22 heavy (non-hydrogen) atoms. The number of nitrogens with one attached hydrogen (secondary N) is 1. The summed E-state index contributed by atoms with van der Waals surface area (Å²) in [6.45, 7) is 8.17. The van der Waals surface area contributed by atoms with Gasteiger partial charge in [0.05, 0.1) is 0 Å². The SMILES string of the molecule is CCCCOCCCNC(=O)C(=O)N1CCN(CCN)CC1. The van der Waals surface area contributed by atoms with Crippen LogP contribution in [-0.2, 0) is 14.3 Å². The predicted octanol–water partition coefficient (Wildman–Crippen LogP) is -0.588. The second kappa shape index (κ2) is 11.4. The predicted molar refractivity (Wildman–Crippen MR) is 85.4 cm³/mol. The Labute approximate surface area is 133 Å². The number of amides is 2. The molecule has 128 valence electrons. The molecule has 0 aromatic heterocycles. The van der Waals surface area contributed by atoms with Gasteiger partial charge in [-0.1, -0.05) is 13.3 Å². The summed E-state index contributed by atoms with van der Waals surface area (Å²) in [6.07, 6.45) is 2.90. The molecule has 0 aromatic carbocycles. The summed E-state index contributed by atoms with van der Waals surface area (Å²) in [7, 11) is 0. The molecule has 0 spiro atoms. The number of carbonyl (C=O) groups is 2. The molecule has 1 aliphatic rings. The molecule has 0 aromatic rings. The normalized spacial score (nSPS) is 15.8.